The van der Waals surface area contributed by atoms with Gasteiger partial charge < -0.3 is 5.73 Å². The Bertz CT molecular complexity index is 174. The molecule has 0 aliphatic rings. The SMILES string of the molecule is CCCCCCCC=CCC(N)CCCCCC. The van der Waals surface area contributed by atoms with Crippen molar-refractivity contribution in [2.24, 2.45) is 5.73 Å². The maximum absolute atomic E-state index is 6.09. The molecule has 108 valence electrons. The van der Waals surface area contributed by atoms with Gasteiger partial charge in [0.25, 0.3) is 0 Å². The summed E-state index contributed by atoms with van der Waals surface area (Å²) in [5.74, 6) is 0. The predicted molar refractivity (Wildman–Crippen MR) is 83.9 cm³/mol. The van der Waals surface area contributed by atoms with Crippen LogP contribution in [0.1, 0.15) is 90.9 Å². The third-order valence-electron chi connectivity index (χ3n) is 3.51. The quantitative estimate of drug-likeness (QED) is 0.336. The molecule has 1 heteroatoms. The minimum atomic E-state index is 0.387. The lowest BCUT2D eigenvalue weighted by Gasteiger charge is -2.08. The molecular weight excluding hydrogens is 218 g/mol. The summed E-state index contributed by atoms with van der Waals surface area (Å²) in [6, 6.07) is 0.387. The predicted octanol–water partition coefficient (Wildman–Crippen LogP) is 5.59. The zero-order valence-corrected chi connectivity index (χ0v) is 12.8. The number of rotatable bonds is 13. The molecule has 0 aromatic rings. The maximum Gasteiger partial charge on any atom is 0.00734 e. The van der Waals surface area contributed by atoms with Crippen LogP contribution < -0.4 is 5.73 Å². The van der Waals surface area contributed by atoms with Gasteiger partial charge in [-0.25, -0.2) is 0 Å². The first-order valence-electron chi connectivity index (χ1n) is 8.21. The van der Waals surface area contributed by atoms with Crippen LogP contribution in [0.4, 0.5) is 0 Å². The standard InChI is InChI=1S/C17H35N/c1-3-5-7-9-10-11-12-14-16-17(18)15-13-8-6-4-2/h12,14,17H,3-11,13,15-16,18H2,1-2H3. The molecule has 1 unspecified atom stereocenters. The summed E-state index contributed by atoms with van der Waals surface area (Å²) in [4.78, 5) is 0. The second-order valence-electron chi connectivity index (χ2n) is 5.52. The van der Waals surface area contributed by atoms with Gasteiger partial charge in [0.1, 0.15) is 0 Å². The van der Waals surface area contributed by atoms with Crippen molar-refractivity contribution in [2.45, 2.75) is 96.9 Å². The first-order chi connectivity index (χ1) is 8.81. The molecule has 0 aromatic carbocycles. The lowest BCUT2D eigenvalue weighted by atomic mass is 10.0. The molecular formula is C17H35N. The van der Waals surface area contributed by atoms with Crippen LogP contribution in [0.3, 0.4) is 0 Å². The van der Waals surface area contributed by atoms with Gasteiger partial charge in [0.2, 0.25) is 0 Å². The average Bonchev–Trinajstić information content (AvgIpc) is 2.38. The Labute approximate surface area is 115 Å². The molecule has 0 saturated carbocycles. The highest BCUT2D eigenvalue weighted by molar-refractivity contribution is 4.85. The Morgan fingerprint density at radius 1 is 0.778 bits per heavy atom. The van der Waals surface area contributed by atoms with Crippen LogP contribution in [0.15, 0.2) is 12.2 Å². The molecule has 0 spiro atoms. The smallest absolute Gasteiger partial charge is 0.00734 e. The van der Waals surface area contributed by atoms with Crippen molar-refractivity contribution in [2.75, 3.05) is 0 Å². The summed E-state index contributed by atoms with van der Waals surface area (Å²) in [5.41, 5.74) is 6.09. The first-order valence-corrected chi connectivity index (χ1v) is 8.21. The van der Waals surface area contributed by atoms with Gasteiger partial charge in [0.15, 0.2) is 0 Å². The number of hydrogen-bond donors (Lipinski definition) is 1. The van der Waals surface area contributed by atoms with Gasteiger partial charge in [-0.2, -0.15) is 0 Å². The van der Waals surface area contributed by atoms with Crippen molar-refractivity contribution in [3.8, 4) is 0 Å². The Hall–Kier alpha value is -0.300. The van der Waals surface area contributed by atoms with E-state index < -0.39 is 0 Å². The molecule has 0 amide bonds. The Morgan fingerprint density at radius 3 is 2.06 bits per heavy atom. The van der Waals surface area contributed by atoms with Gasteiger partial charge in [0.05, 0.1) is 0 Å². The maximum atomic E-state index is 6.09. The van der Waals surface area contributed by atoms with Crippen molar-refractivity contribution in [3.63, 3.8) is 0 Å². The molecule has 0 aliphatic carbocycles. The topological polar surface area (TPSA) is 26.0 Å². The van der Waals surface area contributed by atoms with Gasteiger partial charge in [-0.1, -0.05) is 77.4 Å². The minimum Gasteiger partial charge on any atom is -0.327 e. The van der Waals surface area contributed by atoms with E-state index >= 15 is 0 Å². The van der Waals surface area contributed by atoms with Gasteiger partial charge in [-0.15, -0.1) is 0 Å². The van der Waals surface area contributed by atoms with Crippen molar-refractivity contribution in [3.05, 3.63) is 12.2 Å². The highest BCUT2D eigenvalue weighted by Crippen LogP contribution is 2.08. The normalized spacial score (nSPS) is 13.3. The molecule has 2 N–H and O–H groups in total. The molecule has 1 nitrogen and oxygen atoms in total. The minimum absolute atomic E-state index is 0.387. The van der Waals surface area contributed by atoms with E-state index in [2.05, 4.69) is 26.0 Å². The lowest BCUT2D eigenvalue weighted by molar-refractivity contribution is 0.551. The molecule has 0 aliphatic heterocycles. The van der Waals surface area contributed by atoms with E-state index in [0.717, 1.165) is 6.42 Å². The van der Waals surface area contributed by atoms with Crippen LogP contribution in [0.5, 0.6) is 0 Å². The van der Waals surface area contributed by atoms with E-state index in [0.29, 0.717) is 6.04 Å². The summed E-state index contributed by atoms with van der Waals surface area (Å²) in [6.45, 7) is 4.52. The molecule has 1 atom stereocenters. The largest absolute Gasteiger partial charge is 0.327 e. The van der Waals surface area contributed by atoms with E-state index in [4.69, 9.17) is 5.73 Å². The van der Waals surface area contributed by atoms with E-state index in [1.807, 2.05) is 0 Å². The summed E-state index contributed by atoms with van der Waals surface area (Å²) < 4.78 is 0. The van der Waals surface area contributed by atoms with Gasteiger partial charge in [0, 0.05) is 6.04 Å². The molecule has 0 fully saturated rings. The fourth-order valence-corrected chi connectivity index (χ4v) is 2.21. The van der Waals surface area contributed by atoms with Crippen molar-refractivity contribution >= 4 is 0 Å². The van der Waals surface area contributed by atoms with Crippen molar-refractivity contribution in [1.29, 1.82) is 0 Å². The third-order valence-corrected chi connectivity index (χ3v) is 3.51. The Morgan fingerprint density at radius 2 is 1.39 bits per heavy atom. The number of allylic oxidation sites excluding steroid dienone is 1. The molecule has 0 aromatic heterocycles. The fraction of sp³-hybridized carbons (Fsp3) is 0.882. The number of unbranched alkanes of at least 4 members (excludes halogenated alkanes) is 8. The fourth-order valence-electron chi connectivity index (χ4n) is 2.21. The first kappa shape index (κ1) is 17.7. The highest BCUT2D eigenvalue weighted by Gasteiger charge is 1.98. The van der Waals surface area contributed by atoms with Crippen LogP contribution in [0, 0.1) is 0 Å². The van der Waals surface area contributed by atoms with Gasteiger partial charge >= 0.3 is 0 Å². The van der Waals surface area contributed by atoms with Gasteiger partial charge in [-0.05, 0) is 25.7 Å². The molecule has 0 radical (unpaired) electrons. The van der Waals surface area contributed by atoms with Gasteiger partial charge in [-0.3, -0.25) is 0 Å². The number of nitrogens with two attached hydrogens (primary N) is 1. The molecule has 0 saturated heterocycles. The molecule has 0 bridgehead atoms. The second kappa shape index (κ2) is 14.8. The van der Waals surface area contributed by atoms with Crippen LogP contribution in [-0.2, 0) is 0 Å². The van der Waals surface area contributed by atoms with Crippen LogP contribution in [0.2, 0.25) is 0 Å². The van der Waals surface area contributed by atoms with Crippen molar-refractivity contribution < 1.29 is 0 Å². The average molecular weight is 253 g/mol. The van der Waals surface area contributed by atoms with E-state index in [1.165, 1.54) is 70.6 Å². The molecule has 0 heterocycles. The van der Waals surface area contributed by atoms with Crippen LogP contribution >= 0.6 is 0 Å². The Balaban J connectivity index is 3.23. The number of hydrogen-bond acceptors (Lipinski definition) is 1. The monoisotopic (exact) mass is 253 g/mol. The van der Waals surface area contributed by atoms with E-state index in [1.54, 1.807) is 0 Å². The van der Waals surface area contributed by atoms with E-state index in [9.17, 15) is 0 Å². The van der Waals surface area contributed by atoms with Crippen molar-refractivity contribution in [1.82, 2.24) is 0 Å². The summed E-state index contributed by atoms with van der Waals surface area (Å²) in [5, 5.41) is 0. The van der Waals surface area contributed by atoms with Crippen LogP contribution in [0.25, 0.3) is 0 Å². The van der Waals surface area contributed by atoms with Crippen LogP contribution in [-0.4, -0.2) is 6.04 Å². The summed E-state index contributed by atoms with van der Waals surface area (Å²) in [7, 11) is 0. The summed E-state index contributed by atoms with van der Waals surface area (Å²) in [6.07, 6.45) is 20.3. The Kier molecular flexibility index (Phi) is 14.5. The summed E-state index contributed by atoms with van der Waals surface area (Å²) >= 11 is 0. The third kappa shape index (κ3) is 13.8. The zero-order chi connectivity index (χ0) is 13.5. The lowest BCUT2D eigenvalue weighted by Crippen LogP contribution is -2.18. The molecule has 18 heavy (non-hydrogen) atoms. The zero-order valence-electron chi connectivity index (χ0n) is 12.8. The molecule has 0 rings (SSSR count). The highest BCUT2D eigenvalue weighted by atomic mass is 14.6. The van der Waals surface area contributed by atoms with E-state index in [-0.39, 0.29) is 0 Å². The second-order valence-corrected chi connectivity index (χ2v) is 5.52.